The maximum absolute atomic E-state index is 12.6. The number of rotatable bonds is 3. The van der Waals surface area contributed by atoms with Crippen molar-refractivity contribution in [2.45, 2.75) is 12.8 Å². The number of benzene rings is 2. The van der Waals surface area contributed by atoms with Crippen molar-refractivity contribution in [2.24, 2.45) is 7.05 Å². The summed E-state index contributed by atoms with van der Waals surface area (Å²) in [7, 11) is 1.72. The summed E-state index contributed by atoms with van der Waals surface area (Å²) in [6.07, 6.45) is -2.75. The number of halogens is 3. The molecule has 0 saturated carbocycles. The standard InChI is InChI=1S/C20H15F3N2O/c1-25-19(17(13-24-25)10-7-15-5-3-2-4-6-15)26-14-16-8-11-18(12-9-16)20(21,22)23/h2-6,8-9,11-13H,14H2,1H3. The fourth-order valence-corrected chi connectivity index (χ4v) is 2.29. The molecule has 1 heterocycles. The normalized spacial score (nSPS) is 10.9. The van der Waals surface area contributed by atoms with Crippen LogP contribution in [0.1, 0.15) is 22.3 Å². The summed E-state index contributed by atoms with van der Waals surface area (Å²) in [5, 5.41) is 4.13. The van der Waals surface area contributed by atoms with E-state index in [9.17, 15) is 13.2 Å². The van der Waals surface area contributed by atoms with E-state index in [1.807, 2.05) is 30.3 Å². The van der Waals surface area contributed by atoms with Crippen molar-refractivity contribution in [3.63, 3.8) is 0 Å². The Morgan fingerprint density at radius 3 is 2.35 bits per heavy atom. The second-order valence-corrected chi connectivity index (χ2v) is 5.59. The van der Waals surface area contributed by atoms with Gasteiger partial charge in [0.25, 0.3) is 0 Å². The minimum Gasteiger partial charge on any atom is -0.472 e. The highest BCUT2D eigenvalue weighted by atomic mass is 19.4. The van der Waals surface area contributed by atoms with Crippen molar-refractivity contribution in [2.75, 3.05) is 0 Å². The summed E-state index contributed by atoms with van der Waals surface area (Å²) >= 11 is 0. The van der Waals surface area contributed by atoms with Crippen molar-refractivity contribution in [1.82, 2.24) is 9.78 Å². The third-order valence-electron chi connectivity index (χ3n) is 3.66. The van der Waals surface area contributed by atoms with Crippen LogP contribution in [0.2, 0.25) is 0 Å². The molecule has 6 heteroatoms. The molecule has 2 aromatic carbocycles. The van der Waals surface area contributed by atoms with Gasteiger partial charge in [-0.1, -0.05) is 42.2 Å². The van der Waals surface area contributed by atoms with Crippen LogP contribution in [0.25, 0.3) is 0 Å². The minimum atomic E-state index is -4.35. The van der Waals surface area contributed by atoms with Gasteiger partial charge in [-0.05, 0) is 29.8 Å². The number of aryl methyl sites for hydroxylation is 1. The lowest BCUT2D eigenvalue weighted by atomic mass is 10.1. The van der Waals surface area contributed by atoms with Crippen molar-refractivity contribution in [1.29, 1.82) is 0 Å². The van der Waals surface area contributed by atoms with Crippen LogP contribution in [0.15, 0.2) is 60.8 Å². The predicted octanol–water partition coefficient (Wildman–Crippen LogP) is 4.42. The van der Waals surface area contributed by atoms with E-state index < -0.39 is 11.7 Å². The van der Waals surface area contributed by atoms with Gasteiger partial charge in [-0.3, -0.25) is 0 Å². The quantitative estimate of drug-likeness (QED) is 0.650. The first-order valence-corrected chi connectivity index (χ1v) is 7.81. The molecule has 3 rings (SSSR count). The third-order valence-corrected chi connectivity index (χ3v) is 3.66. The Labute approximate surface area is 149 Å². The van der Waals surface area contributed by atoms with Gasteiger partial charge in [0.15, 0.2) is 0 Å². The Hall–Kier alpha value is -3.20. The Morgan fingerprint density at radius 1 is 1.00 bits per heavy atom. The summed E-state index contributed by atoms with van der Waals surface area (Å²) in [6, 6.07) is 14.4. The topological polar surface area (TPSA) is 27.1 Å². The Morgan fingerprint density at radius 2 is 1.69 bits per heavy atom. The zero-order valence-electron chi connectivity index (χ0n) is 13.9. The first-order chi connectivity index (χ1) is 12.4. The molecule has 26 heavy (non-hydrogen) atoms. The number of nitrogens with zero attached hydrogens (tertiary/aromatic N) is 2. The van der Waals surface area contributed by atoms with E-state index in [0.29, 0.717) is 17.0 Å². The van der Waals surface area contributed by atoms with Gasteiger partial charge in [-0.15, -0.1) is 0 Å². The molecular formula is C20H15F3N2O. The molecule has 0 aliphatic heterocycles. The molecule has 0 N–H and O–H groups in total. The van der Waals surface area contributed by atoms with Gasteiger partial charge in [0.2, 0.25) is 5.88 Å². The van der Waals surface area contributed by atoms with E-state index in [2.05, 4.69) is 16.9 Å². The smallest absolute Gasteiger partial charge is 0.416 e. The highest BCUT2D eigenvalue weighted by Crippen LogP contribution is 2.29. The van der Waals surface area contributed by atoms with Gasteiger partial charge in [0.05, 0.1) is 11.8 Å². The molecule has 0 spiro atoms. The van der Waals surface area contributed by atoms with E-state index in [1.54, 1.807) is 17.9 Å². The lowest BCUT2D eigenvalue weighted by Gasteiger charge is -2.09. The monoisotopic (exact) mass is 356 g/mol. The van der Waals surface area contributed by atoms with Crippen molar-refractivity contribution >= 4 is 0 Å². The maximum atomic E-state index is 12.6. The van der Waals surface area contributed by atoms with E-state index in [1.165, 1.54) is 12.1 Å². The van der Waals surface area contributed by atoms with Gasteiger partial charge in [-0.2, -0.15) is 18.3 Å². The molecule has 0 bridgehead atoms. The predicted molar refractivity (Wildman–Crippen MR) is 91.4 cm³/mol. The largest absolute Gasteiger partial charge is 0.472 e. The third kappa shape index (κ3) is 4.25. The molecule has 1 aromatic heterocycles. The Balaban J connectivity index is 1.73. The van der Waals surface area contributed by atoms with Gasteiger partial charge < -0.3 is 4.74 Å². The Bertz CT molecular complexity index is 933. The molecule has 0 fully saturated rings. The molecule has 0 saturated heterocycles. The Kier molecular flexibility index (Phi) is 4.99. The number of ether oxygens (including phenoxy) is 1. The fourth-order valence-electron chi connectivity index (χ4n) is 2.29. The summed E-state index contributed by atoms with van der Waals surface area (Å²) in [4.78, 5) is 0. The molecular weight excluding hydrogens is 341 g/mol. The van der Waals surface area contributed by atoms with Crippen molar-refractivity contribution in [3.05, 3.63) is 83.0 Å². The molecule has 0 amide bonds. The van der Waals surface area contributed by atoms with Crippen molar-refractivity contribution in [3.8, 4) is 17.7 Å². The summed E-state index contributed by atoms with van der Waals surface area (Å²) < 4.78 is 45.1. The van der Waals surface area contributed by atoms with Crippen LogP contribution in [0, 0.1) is 11.8 Å². The second-order valence-electron chi connectivity index (χ2n) is 5.59. The highest BCUT2D eigenvalue weighted by molar-refractivity contribution is 5.46. The molecule has 0 unspecified atom stereocenters. The van der Waals surface area contributed by atoms with Crippen LogP contribution in [-0.4, -0.2) is 9.78 Å². The van der Waals surface area contributed by atoms with Crippen LogP contribution in [-0.2, 0) is 19.8 Å². The summed E-state index contributed by atoms with van der Waals surface area (Å²) in [5.74, 6) is 6.50. The first kappa shape index (κ1) is 17.6. The van der Waals surface area contributed by atoms with Crippen LogP contribution in [0.5, 0.6) is 5.88 Å². The minimum absolute atomic E-state index is 0.123. The number of hydrogen-bond donors (Lipinski definition) is 0. The summed E-state index contributed by atoms with van der Waals surface area (Å²) in [6.45, 7) is 0.123. The van der Waals surface area contributed by atoms with Crippen molar-refractivity contribution < 1.29 is 17.9 Å². The molecule has 0 aliphatic carbocycles. The fraction of sp³-hybridized carbons (Fsp3) is 0.150. The zero-order valence-corrected chi connectivity index (χ0v) is 13.9. The first-order valence-electron chi connectivity index (χ1n) is 7.81. The van der Waals surface area contributed by atoms with Crippen LogP contribution in [0.4, 0.5) is 13.2 Å². The average Bonchev–Trinajstić information content (AvgIpc) is 2.98. The number of aromatic nitrogens is 2. The van der Waals surface area contributed by atoms with E-state index >= 15 is 0 Å². The SMILES string of the molecule is Cn1ncc(C#Cc2ccccc2)c1OCc1ccc(C(F)(F)F)cc1. The average molecular weight is 356 g/mol. The highest BCUT2D eigenvalue weighted by Gasteiger charge is 2.29. The molecule has 0 radical (unpaired) electrons. The van der Waals surface area contributed by atoms with Gasteiger partial charge in [0, 0.05) is 12.6 Å². The number of alkyl halides is 3. The molecule has 0 atom stereocenters. The lowest BCUT2D eigenvalue weighted by molar-refractivity contribution is -0.137. The van der Waals surface area contributed by atoms with E-state index in [0.717, 1.165) is 17.7 Å². The molecule has 132 valence electrons. The van der Waals surface area contributed by atoms with Gasteiger partial charge in [-0.25, -0.2) is 4.68 Å². The second kappa shape index (κ2) is 7.36. The molecule has 0 aliphatic rings. The molecule has 3 nitrogen and oxygen atoms in total. The van der Waals surface area contributed by atoms with Crippen LogP contribution in [0.3, 0.4) is 0 Å². The van der Waals surface area contributed by atoms with Crippen LogP contribution < -0.4 is 4.74 Å². The summed E-state index contributed by atoms with van der Waals surface area (Å²) in [5.41, 5.74) is 1.42. The zero-order chi connectivity index (χ0) is 18.6. The maximum Gasteiger partial charge on any atom is 0.416 e. The number of hydrogen-bond acceptors (Lipinski definition) is 2. The van der Waals surface area contributed by atoms with Crippen LogP contribution >= 0.6 is 0 Å². The lowest BCUT2D eigenvalue weighted by Crippen LogP contribution is -2.06. The van der Waals surface area contributed by atoms with Gasteiger partial charge in [0.1, 0.15) is 12.2 Å². The van der Waals surface area contributed by atoms with Gasteiger partial charge >= 0.3 is 6.18 Å². The van der Waals surface area contributed by atoms with E-state index in [-0.39, 0.29) is 6.61 Å². The molecule has 3 aromatic rings. The van der Waals surface area contributed by atoms with E-state index in [4.69, 9.17) is 4.74 Å².